The van der Waals surface area contributed by atoms with Crippen molar-refractivity contribution in [2.24, 2.45) is 0 Å². The summed E-state index contributed by atoms with van der Waals surface area (Å²) in [5.41, 5.74) is 0.293. The topological polar surface area (TPSA) is 80.7 Å². The van der Waals surface area contributed by atoms with Crippen LogP contribution in [0.2, 0.25) is 0 Å². The van der Waals surface area contributed by atoms with Gasteiger partial charge in [-0.3, -0.25) is 9.35 Å². The van der Waals surface area contributed by atoms with E-state index in [-0.39, 0.29) is 74.0 Å². The Morgan fingerprint density at radius 2 is 1.75 bits per heavy atom. The van der Waals surface area contributed by atoms with Gasteiger partial charge in [0, 0.05) is 5.56 Å². The van der Waals surface area contributed by atoms with Crippen LogP contribution in [0.4, 0.5) is 0 Å². The molecule has 0 aliphatic rings. The SMILES string of the molecule is O=C(SOS(=O)(=O)O)c1ccccc1.[H-].[H-].[Na+].[Na+]. The molecule has 0 unspecified atom stereocenters. The number of hydrogen-bond donors (Lipinski definition) is 1. The molecule has 5 nitrogen and oxygen atoms in total. The van der Waals surface area contributed by atoms with E-state index in [1.165, 1.54) is 12.1 Å². The summed E-state index contributed by atoms with van der Waals surface area (Å²) in [6.07, 6.45) is 0. The van der Waals surface area contributed by atoms with Gasteiger partial charge in [0.1, 0.15) is 0 Å². The fraction of sp³-hybridized carbons (Fsp3) is 0. The van der Waals surface area contributed by atoms with Gasteiger partial charge in [0.05, 0.1) is 12.0 Å². The van der Waals surface area contributed by atoms with Crippen molar-refractivity contribution in [2.45, 2.75) is 0 Å². The molecule has 0 aliphatic carbocycles. The van der Waals surface area contributed by atoms with Crippen molar-refractivity contribution in [3.05, 3.63) is 35.9 Å². The number of carbonyl (C=O) groups is 1. The Hall–Kier alpha value is 1.11. The standard InChI is InChI=1S/C7H6O5S2.2Na.2H/c8-7(13-12-14(9,10)11)6-4-2-1-3-5-6;;;;/h1-5H,(H,9,10,11);;;;/q;2*+1;2*-1. The van der Waals surface area contributed by atoms with Gasteiger partial charge in [0.2, 0.25) is 5.12 Å². The molecule has 1 rings (SSSR count). The second-order valence-electron chi connectivity index (χ2n) is 2.23. The summed E-state index contributed by atoms with van der Waals surface area (Å²) in [5.74, 6) is 0. The van der Waals surface area contributed by atoms with E-state index in [0.717, 1.165) is 0 Å². The smallest absolute Gasteiger partial charge is 1.00 e. The van der Waals surface area contributed by atoms with Crippen LogP contribution in [0.25, 0.3) is 0 Å². The average molecular weight is 282 g/mol. The van der Waals surface area contributed by atoms with Crippen molar-refractivity contribution in [2.75, 3.05) is 0 Å². The zero-order valence-corrected chi connectivity index (χ0v) is 14.4. The molecule has 0 saturated heterocycles. The van der Waals surface area contributed by atoms with Gasteiger partial charge in [-0.2, -0.15) is 12.0 Å². The second kappa shape index (κ2) is 9.09. The molecule has 16 heavy (non-hydrogen) atoms. The summed E-state index contributed by atoms with van der Waals surface area (Å²) >= 11 is 0.0596. The van der Waals surface area contributed by atoms with E-state index in [9.17, 15) is 13.2 Å². The molecule has 0 heterocycles. The molecule has 0 amide bonds. The van der Waals surface area contributed by atoms with Crippen molar-refractivity contribution in [3.8, 4) is 0 Å². The van der Waals surface area contributed by atoms with Crippen LogP contribution >= 0.6 is 12.0 Å². The van der Waals surface area contributed by atoms with Crippen LogP contribution in [0.1, 0.15) is 13.2 Å². The molecule has 1 aromatic rings. The summed E-state index contributed by atoms with van der Waals surface area (Å²) in [6.45, 7) is 0. The van der Waals surface area contributed by atoms with Gasteiger partial charge in [-0.1, -0.05) is 30.3 Å². The molecule has 0 aromatic heterocycles. The minimum Gasteiger partial charge on any atom is -1.00 e. The minimum absolute atomic E-state index is 0. The first-order chi connectivity index (χ1) is 6.49. The first-order valence-electron chi connectivity index (χ1n) is 3.42. The Bertz CT molecular complexity index is 429. The summed E-state index contributed by atoms with van der Waals surface area (Å²) in [4.78, 5) is 11.2. The summed E-state index contributed by atoms with van der Waals surface area (Å²) in [7, 11) is -4.59. The predicted octanol–water partition coefficient (Wildman–Crippen LogP) is -4.47. The Kier molecular flexibility index (Phi) is 11.1. The third-order valence-corrected chi connectivity index (χ3v) is 2.55. The molecule has 0 atom stereocenters. The largest absolute Gasteiger partial charge is 1.00 e. The Morgan fingerprint density at radius 3 is 2.19 bits per heavy atom. The van der Waals surface area contributed by atoms with E-state index < -0.39 is 15.5 Å². The van der Waals surface area contributed by atoms with Crippen LogP contribution in [-0.4, -0.2) is 18.1 Å². The van der Waals surface area contributed by atoms with E-state index in [4.69, 9.17) is 4.55 Å². The number of rotatable bonds is 3. The average Bonchev–Trinajstić information content (AvgIpc) is 2.14. The zero-order chi connectivity index (χ0) is 10.6. The van der Waals surface area contributed by atoms with Gasteiger partial charge in [0.15, 0.2) is 0 Å². The third-order valence-electron chi connectivity index (χ3n) is 1.21. The van der Waals surface area contributed by atoms with Gasteiger partial charge >= 0.3 is 69.5 Å². The van der Waals surface area contributed by atoms with Crippen LogP contribution in [0.3, 0.4) is 0 Å². The number of carbonyl (C=O) groups excluding carboxylic acids is 1. The summed E-state index contributed by atoms with van der Waals surface area (Å²) in [6, 6.07) is 7.97. The van der Waals surface area contributed by atoms with Crippen LogP contribution in [0, 0.1) is 0 Å². The maximum absolute atomic E-state index is 11.2. The Labute approximate surface area is 145 Å². The van der Waals surface area contributed by atoms with E-state index in [1.54, 1.807) is 18.2 Å². The van der Waals surface area contributed by atoms with Crippen molar-refractivity contribution in [1.82, 2.24) is 0 Å². The number of benzene rings is 1. The predicted molar refractivity (Wildman–Crippen MR) is 53.2 cm³/mol. The third kappa shape index (κ3) is 8.24. The summed E-state index contributed by atoms with van der Waals surface area (Å²) < 4.78 is 32.3. The van der Waals surface area contributed by atoms with Crippen LogP contribution in [0.5, 0.6) is 0 Å². The van der Waals surface area contributed by atoms with E-state index in [0.29, 0.717) is 5.56 Å². The first kappa shape index (κ1) is 19.4. The van der Waals surface area contributed by atoms with Crippen molar-refractivity contribution >= 4 is 27.6 Å². The van der Waals surface area contributed by atoms with Gasteiger partial charge in [-0.25, -0.2) is 0 Å². The van der Waals surface area contributed by atoms with Gasteiger partial charge in [0.25, 0.3) is 0 Å². The molecule has 0 saturated carbocycles. The van der Waals surface area contributed by atoms with E-state index in [1.807, 2.05) is 0 Å². The van der Waals surface area contributed by atoms with Crippen molar-refractivity contribution < 1.29 is 83.4 Å². The Balaban J connectivity index is -0.000000245. The quantitative estimate of drug-likeness (QED) is 0.342. The maximum Gasteiger partial charge on any atom is 1.00 e. The monoisotopic (exact) mass is 282 g/mol. The molecule has 0 spiro atoms. The molecule has 1 N–H and O–H groups in total. The molecule has 1 aromatic carbocycles. The molecule has 9 heteroatoms. The normalized spacial score (nSPS) is 9.81. The fourth-order valence-corrected chi connectivity index (χ4v) is 1.52. The van der Waals surface area contributed by atoms with Gasteiger partial charge in [-0.05, 0) is 0 Å². The van der Waals surface area contributed by atoms with Crippen LogP contribution in [-0.2, 0) is 14.0 Å². The fourth-order valence-electron chi connectivity index (χ4n) is 0.696. The number of hydrogen-bond acceptors (Lipinski definition) is 5. The van der Waals surface area contributed by atoms with Crippen LogP contribution in [0.15, 0.2) is 30.3 Å². The summed E-state index contributed by atoms with van der Waals surface area (Å²) in [5, 5.41) is -0.594. The zero-order valence-electron chi connectivity index (χ0n) is 10.8. The molecule has 80 valence electrons. The molecular formula is C7H8Na2O5S2. The van der Waals surface area contributed by atoms with E-state index in [2.05, 4.69) is 3.63 Å². The van der Waals surface area contributed by atoms with Crippen molar-refractivity contribution in [1.29, 1.82) is 0 Å². The van der Waals surface area contributed by atoms with Crippen LogP contribution < -0.4 is 59.1 Å². The van der Waals surface area contributed by atoms with Gasteiger partial charge < -0.3 is 2.85 Å². The minimum atomic E-state index is -4.59. The molecule has 0 radical (unpaired) electrons. The molecular weight excluding hydrogens is 274 g/mol. The Morgan fingerprint density at radius 1 is 1.25 bits per heavy atom. The van der Waals surface area contributed by atoms with E-state index >= 15 is 0 Å². The second-order valence-corrected chi connectivity index (χ2v) is 4.17. The molecule has 0 fully saturated rings. The first-order valence-corrected chi connectivity index (χ1v) is 5.52. The molecule has 0 aliphatic heterocycles. The molecule has 0 bridgehead atoms. The van der Waals surface area contributed by atoms with Gasteiger partial charge in [-0.15, -0.1) is 0 Å². The maximum atomic E-state index is 11.2. The van der Waals surface area contributed by atoms with Crippen molar-refractivity contribution in [3.63, 3.8) is 0 Å².